The Morgan fingerprint density at radius 1 is 1.27 bits per heavy atom. The molecule has 162 valence electrons. The average Bonchev–Trinajstić information content (AvgIpc) is 3.49. The first-order valence-electron chi connectivity index (χ1n) is 10.0. The number of nitrogens with one attached hydrogen (secondary N) is 1. The molecule has 1 atom stereocenters. The van der Waals surface area contributed by atoms with Gasteiger partial charge in [-0.15, -0.1) is 10.2 Å². The fourth-order valence-corrected chi connectivity index (χ4v) is 6.61. The molecule has 2 aliphatic rings. The molecule has 2 aliphatic heterocycles. The summed E-state index contributed by atoms with van der Waals surface area (Å²) >= 11 is 1.28. The van der Waals surface area contributed by atoms with Gasteiger partial charge in [-0.3, -0.25) is 9.59 Å². The highest BCUT2D eigenvalue weighted by Crippen LogP contribution is 2.24. The molecule has 1 unspecified atom stereocenters. The summed E-state index contributed by atoms with van der Waals surface area (Å²) in [5.74, 6) is 1.27. The van der Waals surface area contributed by atoms with Gasteiger partial charge in [-0.05, 0) is 31.2 Å². The molecule has 0 aromatic carbocycles. The third-order valence-corrected chi connectivity index (χ3v) is 8.54. The molecule has 0 radical (unpaired) electrons. The van der Waals surface area contributed by atoms with Crippen LogP contribution in [0.2, 0.25) is 0 Å². The highest BCUT2D eigenvalue weighted by molar-refractivity contribution is 7.99. The van der Waals surface area contributed by atoms with Gasteiger partial charge in [0.1, 0.15) is 11.5 Å². The fourth-order valence-electron chi connectivity index (χ4n) is 3.92. The van der Waals surface area contributed by atoms with E-state index in [4.69, 9.17) is 0 Å². The molecule has 1 N–H and O–H groups in total. The molecular weight excluding hydrogens is 426 g/mol. The number of thioether (sulfide) groups is 1. The van der Waals surface area contributed by atoms with Gasteiger partial charge < -0.3 is 14.5 Å². The molecule has 0 saturated carbocycles. The van der Waals surface area contributed by atoms with E-state index in [2.05, 4.69) is 15.2 Å². The number of amides is 1. The predicted octanol–water partition coefficient (Wildman–Crippen LogP) is 1.33. The molecule has 0 spiro atoms. The van der Waals surface area contributed by atoms with Crippen LogP contribution in [0.25, 0.3) is 0 Å². The van der Waals surface area contributed by atoms with Crippen molar-refractivity contribution in [3.05, 3.63) is 29.3 Å². The van der Waals surface area contributed by atoms with Crippen molar-refractivity contribution in [3.8, 4) is 0 Å². The van der Waals surface area contributed by atoms with Crippen LogP contribution >= 0.6 is 11.8 Å². The number of hydrogen-bond acceptors (Lipinski definition) is 7. The lowest BCUT2D eigenvalue weighted by molar-refractivity contribution is 0.0787. The molecule has 2 saturated heterocycles. The minimum Gasteiger partial charge on any atom is -0.356 e. The number of Topliss-reactive ketones (excluding diaryl/α,β-unsaturated/α-hetero) is 1. The normalized spacial score (nSPS) is 20.7. The van der Waals surface area contributed by atoms with Crippen molar-refractivity contribution in [2.45, 2.75) is 30.8 Å². The highest BCUT2D eigenvalue weighted by atomic mass is 32.2. The number of likely N-dealkylation sites (tertiary alicyclic amines) is 1. The average molecular weight is 452 g/mol. The number of carbonyl (C=O) groups excluding carboxylic acids is 2. The molecule has 4 rings (SSSR count). The summed E-state index contributed by atoms with van der Waals surface area (Å²) in [6.07, 6.45) is 4.84. The van der Waals surface area contributed by atoms with Crippen LogP contribution in [0.4, 0.5) is 0 Å². The number of H-pyrrole nitrogens is 1. The highest BCUT2D eigenvalue weighted by Gasteiger charge is 2.29. The van der Waals surface area contributed by atoms with E-state index in [0.29, 0.717) is 29.3 Å². The maximum atomic E-state index is 12.6. The quantitative estimate of drug-likeness (QED) is 0.498. The van der Waals surface area contributed by atoms with Crippen LogP contribution in [0.15, 0.2) is 17.4 Å². The summed E-state index contributed by atoms with van der Waals surface area (Å²) < 4.78 is 25.1. The van der Waals surface area contributed by atoms with Gasteiger partial charge in [0.15, 0.2) is 20.8 Å². The lowest BCUT2D eigenvalue weighted by atomic mass is 10.1. The van der Waals surface area contributed by atoms with E-state index in [0.717, 1.165) is 31.8 Å². The van der Waals surface area contributed by atoms with Crippen molar-refractivity contribution >= 4 is 33.3 Å². The second kappa shape index (κ2) is 8.54. The van der Waals surface area contributed by atoms with Gasteiger partial charge in [0.2, 0.25) is 0 Å². The summed E-state index contributed by atoms with van der Waals surface area (Å²) in [5, 5.41) is 8.94. The van der Waals surface area contributed by atoms with Gasteiger partial charge in [-0.1, -0.05) is 11.8 Å². The first-order valence-corrected chi connectivity index (χ1v) is 12.9. The Morgan fingerprint density at radius 3 is 2.73 bits per heavy atom. The lowest BCUT2D eigenvalue weighted by Gasteiger charge is -2.13. The third kappa shape index (κ3) is 4.61. The second-order valence-corrected chi connectivity index (χ2v) is 11.1. The minimum atomic E-state index is -2.92. The predicted molar refractivity (Wildman–Crippen MR) is 112 cm³/mol. The molecule has 0 bridgehead atoms. The SMILES string of the molecule is Cn1c(CC2CCS(=O)(=O)C2)nnc1SCC(=O)c1c[nH]c(C(=O)N2CCCC2)c1. The first-order chi connectivity index (χ1) is 14.3. The Bertz CT molecular complexity index is 1050. The maximum Gasteiger partial charge on any atom is 0.270 e. The summed E-state index contributed by atoms with van der Waals surface area (Å²) in [5.41, 5.74) is 0.918. The zero-order valence-electron chi connectivity index (χ0n) is 16.8. The largest absolute Gasteiger partial charge is 0.356 e. The van der Waals surface area contributed by atoms with E-state index in [1.54, 1.807) is 17.2 Å². The van der Waals surface area contributed by atoms with Crippen molar-refractivity contribution in [2.75, 3.05) is 30.3 Å². The molecule has 11 heteroatoms. The lowest BCUT2D eigenvalue weighted by Crippen LogP contribution is -2.27. The third-order valence-electron chi connectivity index (χ3n) is 5.68. The molecular formula is C19H25N5O4S2. The summed E-state index contributed by atoms with van der Waals surface area (Å²) in [4.78, 5) is 29.7. The van der Waals surface area contributed by atoms with Crippen LogP contribution in [-0.4, -0.2) is 75.1 Å². The van der Waals surface area contributed by atoms with Crippen LogP contribution in [0.1, 0.15) is 45.9 Å². The van der Waals surface area contributed by atoms with Gasteiger partial charge in [0.05, 0.1) is 17.3 Å². The van der Waals surface area contributed by atoms with Crippen LogP contribution in [0.3, 0.4) is 0 Å². The molecule has 2 aromatic rings. The van der Waals surface area contributed by atoms with Gasteiger partial charge in [0.25, 0.3) is 5.91 Å². The van der Waals surface area contributed by atoms with E-state index in [1.165, 1.54) is 11.8 Å². The van der Waals surface area contributed by atoms with Crippen LogP contribution < -0.4 is 0 Å². The van der Waals surface area contributed by atoms with Crippen molar-refractivity contribution in [1.29, 1.82) is 0 Å². The maximum absolute atomic E-state index is 12.6. The Balaban J connectivity index is 1.33. The standard InChI is InChI=1S/C19H25N5O4S2/c1-23-17(8-13-4-7-30(27,28)12-13)21-22-19(23)29-11-16(25)14-9-15(20-10-14)18(26)24-5-2-3-6-24/h9-10,13,20H,2-8,11-12H2,1H3. The number of ketones is 1. The van der Waals surface area contributed by atoms with Crippen molar-refractivity contribution < 1.29 is 18.0 Å². The molecule has 30 heavy (non-hydrogen) atoms. The number of aromatic nitrogens is 4. The molecule has 2 aromatic heterocycles. The van der Waals surface area contributed by atoms with Gasteiger partial charge in [-0.2, -0.15) is 0 Å². The number of hydrogen-bond donors (Lipinski definition) is 1. The van der Waals surface area contributed by atoms with Gasteiger partial charge >= 0.3 is 0 Å². The Hall–Kier alpha value is -2.14. The van der Waals surface area contributed by atoms with Gasteiger partial charge in [-0.25, -0.2) is 8.42 Å². The van der Waals surface area contributed by atoms with E-state index < -0.39 is 9.84 Å². The first kappa shape index (κ1) is 21.1. The zero-order valence-corrected chi connectivity index (χ0v) is 18.5. The number of nitrogens with zero attached hydrogens (tertiary/aromatic N) is 4. The number of sulfone groups is 1. The summed E-state index contributed by atoms with van der Waals surface area (Å²) in [6, 6.07) is 1.62. The van der Waals surface area contributed by atoms with Crippen LogP contribution in [-0.2, 0) is 23.3 Å². The number of carbonyl (C=O) groups is 2. The number of aromatic amines is 1. The van der Waals surface area contributed by atoms with E-state index >= 15 is 0 Å². The summed E-state index contributed by atoms with van der Waals surface area (Å²) in [7, 11) is -1.09. The number of rotatable bonds is 7. The second-order valence-electron chi connectivity index (χ2n) is 7.94. The molecule has 2 fully saturated rings. The van der Waals surface area contributed by atoms with E-state index in [-0.39, 0.29) is 34.9 Å². The van der Waals surface area contributed by atoms with E-state index in [9.17, 15) is 18.0 Å². The van der Waals surface area contributed by atoms with E-state index in [1.807, 2.05) is 11.6 Å². The van der Waals surface area contributed by atoms with Crippen molar-refractivity contribution in [2.24, 2.45) is 13.0 Å². The fraction of sp³-hybridized carbons (Fsp3) is 0.579. The van der Waals surface area contributed by atoms with Crippen LogP contribution in [0.5, 0.6) is 0 Å². The van der Waals surface area contributed by atoms with Gasteiger partial charge in [0, 0.05) is 38.3 Å². The van der Waals surface area contributed by atoms with Crippen molar-refractivity contribution in [3.63, 3.8) is 0 Å². The Morgan fingerprint density at radius 2 is 2.03 bits per heavy atom. The Labute approximate surface area is 179 Å². The Kier molecular flexibility index (Phi) is 6.01. The monoisotopic (exact) mass is 451 g/mol. The minimum absolute atomic E-state index is 0.0638. The molecule has 9 nitrogen and oxygen atoms in total. The topological polar surface area (TPSA) is 118 Å². The zero-order chi connectivity index (χ0) is 21.3. The molecule has 0 aliphatic carbocycles. The smallest absolute Gasteiger partial charge is 0.270 e. The molecule has 4 heterocycles. The summed E-state index contributed by atoms with van der Waals surface area (Å²) in [6.45, 7) is 1.52. The van der Waals surface area contributed by atoms with Crippen molar-refractivity contribution in [1.82, 2.24) is 24.6 Å². The van der Waals surface area contributed by atoms with Crippen LogP contribution in [0, 0.1) is 5.92 Å². The molecule has 1 amide bonds.